The molecule has 3 rings (SSSR count). The predicted molar refractivity (Wildman–Crippen MR) is 113 cm³/mol. The Morgan fingerprint density at radius 1 is 1.03 bits per heavy atom. The molecule has 10 heteroatoms. The molecule has 3 aromatic carbocycles. The largest absolute Gasteiger partial charge is 0.454 e. The third-order valence-corrected chi connectivity index (χ3v) is 4.69. The van der Waals surface area contributed by atoms with Crippen molar-refractivity contribution in [2.45, 2.75) is 12.6 Å². The molecule has 0 unspecified atom stereocenters. The number of carbonyl (C=O) groups excluding carboxylic acids is 1. The zero-order valence-corrected chi connectivity index (χ0v) is 17.4. The van der Waals surface area contributed by atoms with Gasteiger partial charge in [-0.05, 0) is 42.0 Å². The van der Waals surface area contributed by atoms with Crippen molar-refractivity contribution < 1.29 is 32.6 Å². The lowest BCUT2D eigenvalue weighted by molar-refractivity contribution is -0.131. The van der Waals surface area contributed by atoms with E-state index in [1.165, 1.54) is 12.1 Å². The summed E-state index contributed by atoms with van der Waals surface area (Å²) < 4.78 is 53.1. The lowest BCUT2D eigenvalue weighted by Crippen LogP contribution is -2.31. The van der Waals surface area contributed by atoms with Crippen LogP contribution in [0.25, 0.3) is 0 Å². The Bertz CT molecular complexity index is 1140. The number of hydrogen-bond donors (Lipinski definition) is 4. The highest BCUT2D eigenvalue weighted by molar-refractivity contribution is 5.95. The third kappa shape index (κ3) is 5.68. The second kappa shape index (κ2) is 10.6. The van der Waals surface area contributed by atoms with Crippen LogP contribution >= 0.6 is 0 Å². The normalized spacial score (nSPS) is 11.5. The first-order valence-corrected chi connectivity index (χ1v) is 9.63. The van der Waals surface area contributed by atoms with Crippen LogP contribution in [-0.2, 0) is 16.1 Å². The minimum Gasteiger partial charge on any atom is -0.454 e. The molecular weight excluding hydrogens is 439 g/mol. The number of amidine groups is 1. The van der Waals surface area contributed by atoms with Gasteiger partial charge >= 0.3 is 0 Å². The van der Waals surface area contributed by atoms with Gasteiger partial charge in [0.1, 0.15) is 23.2 Å². The van der Waals surface area contributed by atoms with Gasteiger partial charge in [-0.1, -0.05) is 24.3 Å². The Labute approximate surface area is 187 Å². The van der Waals surface area contributed by atoms with E-state index in [1.807, 2.05) is 0 Å². The van der Waals surface area contributed by atoms with Crippen molar-refractivity contribution in [3.63, 3.8) is 0 Å². The van der Waals surface area contributed by atoms with E-state index in [-0.39, 0.29) is 23.9 Å². The zero-order chi connectivity index (χ0) is 24.0. The van der Waals surface area contributed by atoms with Crippen LogP contribution in [0.1, 0.15) is 22.8 Å². The van der Waals surface area contributed by atoms with Gasteiger partial charge in [0.05, 0.1) is 5.56 Å². The molecule has 0 aliphatic rings. The first-order chi connectivity index (χ1) is 15.8. The number of halogens is 3. The summed E-state index contributed by atoms with van der Waals surface area (Å²) in [7, 11) is 1.14. The maximum absolute atomic E-state index is 15.1. The number of amides is 1. The first-order valence-electron chi connectivity index (χ1n) is 9.63. The number of nitrogens with one attached hydrogen (secondary N) is 3. The van der Waals surface area contributed by atoms with Crippen molar-refractivity contribution in [1.82, 2.24) is 10.8 Å². The van der Waals surface area contributed by atoms with Gasteiger partial charge in [0.25, 0.3) is 5.91 Å². The summed E-state index contributed by atoms with van der Waals surface area (Å²) in [5.41, 5.74) is 2.15. The minimum absolute atomic E-state index is 0.0217. The molecular formula is C23H20F3N3O4. The molecule has 0 bridgehead atoms. The Morgan fingerprint density at radius 3 is 2.30 bits per heavy atom. The zero-order valence-electron chi connectivity index (χ0n) is 17.4. The van der Waals surface area contributed by atoms with Gasteiger partial charge in [0.15, 0.2) is 17.7 Å². The Hall–Kier alpha value is -3.89. The quantitative estimate of drug-likeness (QED) is 0.230. The average molecular weight is 459 g/mol. The molecule has 0 heterocycles. The highest BCUT2D eigenvalue weighted by atomic mass is 19.1. The third-order valence-electron chi connectivity index (χ3n) is 4.69. The number of rotatable bonds is 8. The van der Waals surface area contributed by atoms with E-state index in [1.54, 1.807) is 29.7 Å². The van der Waals surface area contributed by atoms with Crippen LogP contribution in [0.3, 0.4) is 0 Å². The van der Waals surface area contributed by atoms with Crippen LogP contribution in [0, 0.1) is 22.9 Å². The molecule has 0 fully saturated rings. The Balaban J connectivity index is 1.76. The van der Waals surface area contributed by atoms with E-state index in [0.29, 0.717) is 11.1 Å². The molecule has 0 radical (unpaired) electrons. The fourth-order valence-corrected chi connectivity index (χ4v) is 2.99. The van der Waals surface area contributed by atoms with Gasteiger partial charge < -0.3 is 14.8 Å². The van der Waals surface area contributed by atoms with Gasteiger partial charge in [-0.3, -0.25) is 20.9 Å². The molecule has 0 aromatic heterocycles. The minimum atomic E-state index is -1.60. The fraction of sp³-hybridized carbons (Fsp3) is 0.130. The summed E-state index contributed by atoms with van der Waals surface area (Å²) in [4.78, 5) is 12.7. The number of benzene rings is 3. The van der Waals surface area contributed by atoms with Crippen molar-refractivity contribution in [3.8, 4) is 11.5 Å². The van der Waals surface area contributed by atoms with Crippen LogP contribution in [0.2, 0.25) is 0 Å². The molecule has 4 N–H and O–H groups in total. The highest BCUT2D eigenvalue weighted by Gasteiger charge is 2.29. The standard InChI is InChI=1S/C23H20F3N3O4/c1-32-21(23(30)28-12-13-2-4-14(5-3-13)22(27)29-31)19-17(25)10-11-18(20(19)26)33-16-8-6-15(24)7-9-16/h2-11,21,31H,12H2,1H3,(H2,27,29)(H,28,30)/t21-/m0/s1. The molecule has 0 spiro atoms. The van der Waals surface area contributed by atoms with E-state index in [9.17, 15) is 13.6 Å². The van der Waals surface area contributed by atoms with E-state index >= 15 is 4.39 Å². The Morgan fingerprint density at radius 2 is 1.70 bits per heavy atom. The summed E-state index contributed by atoms with van der Waals surface area (Å²) in [5.74, 6) is -3.85. The molecule has 0 aliphatic heterocycles. The summed E-state index contributed by atoms with van der Waals surface area (Å²) in [5, 5.41) is 18.8. The molecule has 1 amide bonds. The fourth-order valence-electron chi connectivity index (χ4n) is 2.99. The van der Waals surface area contributed by atoms with Crippen LogP contribution in [-0.4, -0.2) is 24.1 Å². The van der Waals surface area contributed by atoms with Crippen LogP contribution in [0.15, 0.2) is 60.7 Å². The van der Waals surface area contributed by atoms with E-state index < -0.39 is 35.0 Å². The van der Waals surface area contributed by atoms with Gasteiger partial charge in [-0.2, -0.15) is 0 Å². The molecule has 7 nitrogen and oxygen atoms in total. The van der Waals surface area contributed by atoms with E-state index in [4.69, 9.17) is 20.1 Å². The smallest absolute Gasteiger partial charge is 0.254 e. The molecule has 1 atom stereocenters. The molecule has 0 saturated heterocycles. The average Bonchev–Trinajstić information content (AvgIpc) is 2.83. The lowest BCUT2D eigenvalue weighted by Gasteiger charge is -2.18. The maximum atomic E-state index is 15.1. The van der Waals surface area contributed by atoms with Crippen molar-refractivity contribution in [2.75, 3.05) is 7.11 Å². The van der Waals surface area contributed by atoms with Gasteiger partial charge in [0, 0.05) is 19.2 Å². The summed E-state index contributed by atoms with van der Waals surface area (Å²) in [6.45, 7) is 0.0217. The van der Waals surface area contributed by atoms with Crippen molar-refractivity contribution in [1.29, 1.82) is 5.41 Å². The number of hydroxylamine groups is 1. The monoisotopic (exact) mass is 459 g/mol. The van der Waals surface area contributed by atoms with Crippen molar-refractivity contribution in [2.24, 2.45) is 0 Å². The van der Waals surface area contributed by atoms with Crippen LogP contribution in [0.5, 0.6) is 11.5 Å². The van der Waals surface area contributed by atoms with Crippen molar-refractivity contribution >= 4 is 11.7 Å². The molecule has 3 aromatic rings. The van der Waals surface area contributed by atoms with Gasteiger partial charge in [0.2, 0.25) is 0 Å². The first kappa shape index (κ1) is 23.8. The van der Waals surface area contributed by atoms with Crippen LogP contribution in [0.4, 0.5) is 13.2 Å². The van der Waals surface area contributed by atoms with E-state index in [0.717, 1.165) is 31.4 Å². The number of methoxy groups -OCH3 is 1. The summed E-state index contributed by atoms with van der Waals surface area (Å²) in [6.07, 6.45) is -1.60. The van der Waals surface area contributed by atoms with Gasteiger partial charge in [-0.25, -0.2) is 13.2 Å². The highest BCUT2D eigenvalue weighted by Crippen LogP contribution is 2.32. The molecule has 0 saturated carbocycles. The predicted octanol–water partition coefficient (Wildman–Crippen LogP) is 4.20. The second-order valence-corrected chi connectivity index (χ2v) is 6.85. The lowest BCUT2D eigenvalue weighted by atomic mass is 10.1. The number of carbonyl (C=O) groups is 1. The molecule has 172 valence electrons. The number of hydrogen-bond acceptors (Lipinski definition) is 5. The van der Waals surface area contributed by atoms with E-state index in [2.05, 4.69) is 5.32 Å². The topological polar surface area (TPSA) is 104 Å². The van der Waals surface area contributed by atoms with Gasteiger partial charge in [-0.15, -0.1) is 0 Å². The second-order valence-electron chi connectivity index (χ2n) is 6.85. The molecule has 0 aliphatic carbocycles. The SMILES string of the molecule is CO[C@H](C(=O)NCc1ccc(C(=N)NO)cc1)c1c(F)ccc(Oc2ccc(F)cc2)c1F. The van der Waals surface area contributed by atoms with Crippen molar-refractivity contribution in [3.05, 3.63) is 94.8 Å². The number of ether oxygens (including phenoxy) is 2. The summed E-state index contributed by atoms with van der Waals surface area (Å²) >= 11 is 0. The summed E-state index contributed by atoms with van der Waals surface area (Å²) in [6, 6.07) is 13.1. The van der Waals surface area contributed by atoms with Crippen LogP contribution < -0.4 is 15.5 Å². The Kier molecular flexibility index (Phi) is 7.65. The molecule has 33 heavy (non-hydrogen) atoms. The maximum Gasteiger partial charge on any atom is 0.254 e.